The summed E-state index contributed by atoms with van der Waals surface area (Å²) in [6.45, 7) is 5.52. The van der Waals surface area contributed by atoms with Crippen LogP contribution in [0.1, 0.15) is 18.2 Å². The first-order valence-electron chi connectivity index (χ1n) is 7.62. The molecule has 9 heteroatoms. The molecule has 2 aromatic heterocycles. The minimum absolute atomic E-state index is 0.224. The average Bonchev–Trinajstić information content (AvgIpc) is 3.15. The molecule has 0 aliphatic carbocycles. The van der Waals surface area contributed by atoms with Crippen molar-refractivity contribution in [3.63, 3.8) is 0 Å². The molecule has 1 aromatic carbocycles. The zero-order valence-electron chi connectivity index (χ0n) is 14.1. The summed E-state index contributed by atoms with van der Waals surface area (Å²) >= 11 is 1.22. The number of amides is 1. The van der Waals surface area contributed by atoms with Gasteiger partial charge in [-0.05, 0) is 20.8 Å². The quantitative estimate of drug-likeness (QED) is 0.532. The van der Waals surface area contributed by atoms with Crippen LogP contribution in [-0.2, 0) is 4.79 Å². The van der Waals surface area contributed by atoms with Gasteiger partial charge in [0.2, 0.25) is 11.1 Å². The van der Waals surface area contributed by atoms with Gasteiger partial charge in [-0.3, -0.25) is 4.79 Å². The molecule has 0 radical (unpaired) electrons. The van der Waals surface area contributed by atoms with Crippen LogP contribution >= 0.6 is 11.8 Å². The normalized spacial score (nSPS) is 12.1. The second-order valence-electron chi connectivity index (χ2n) is 5.61. The largest absolute Gasteiger partial charge is 0.360 e. The number of aromatic nitrogens is 4. The number of hydrogen-bond acceptors (Lipinski definition) is 7. The molecule has 3 aromatic rings. The van der Waals surface area contributed by atoms with Gasteiger partial charge in [-0.2, -0.15) is 0 Å². The fraction of sp³-hybridized carbons (Fsp3) is 0.250. The van der Waals surface area contributed by atoms with Crippen LogP contribution in [0.15, 0.2) is 40.0 Å². The highest BCUT2D eigenvalue weighted by Gasteiger charge is 2.20. The van der Waals surface area contributed by atoms with Crippen molar-refractivity contribution in [2.24, 2.45) is 0 Å². The Morgan fingerprint density at radius 1 is 1.28 bits per heavy atom. The standard InChI is InChI=1S/C16H18N6O2S/c1-9-4-6-12(7-5-9)14-19-20-16(22(14)17)25-11(3)15(23)18-13-8-10(2)24-21-13/h4-8,11H,17H2,1-3H3,(H,18,21,23). The molecule has 0 fully saturated rings. The van der Waals surface area contributed by atoms with E-state index in [2.05, 4.69) is 20.7 Å². The van der Waals surface area contributed by atoms with E-state index >= 15 is 0 Å². The van der Waals surface area contributed by atoms with E-state index in [1.807, 2.05) is 31.2 Å². The number of anilines is 1. The number of nitrogens with zero attached hydrogens (tertiary/aromatic N) is 4. The minimum atomic E-state index is -0.436. The predicted octanol–water partition coefficient (Wildman–Crippen LogP) is 2.38. The monoisotopic (exact) mass is 358 g/mol. The van der Waals surface area contributed by atoms with Crippen molar-refractivity contribution in [3.05, 3.63) is 41.7 Å². The molecule has 1 unspecified atom stereocenters. The van der Waals surface area contributed by atoms with E-state index in [1.165, 1.54) is 16.4 Å². The van der Waals surface area contributed by atoms with E-state index in [9.17, 15) is 4.79 Å². The van der Waals surface area contributed by atoms with Crippen molar-refractivity contribution in [1.82, 2.24) is 20.0 Å². The van der Waals surface area contributed by atoms with Gasteiger partial charge >= 0.3 is 0 Å². The smallest absolute Gasteiger partial charge is 0.238 e. The zero-order valence-corrected chi connectivity index (χ0v) is 14.9. The van der Waals surface area contributed by atoms with Gasteiger partial charge in [0, 0.05) is 11.6 Å². The molecule has 0 aliphatic rings. The fourth-order valence-corrected chi connectivity index (χ4v) is 2.89. The lowest BCUT2D eigenvalue weighted by molar-refractivity contribution is -0.115. The van der Waals surface area contributed by atoms with Gasteiger partial charge in [0.25, 0.3) is 0 Å². The number of aryl methyl sites for hydroxylation is 2. The number of rotatable bonds is 5. The maximum absolute atomic E-state index is 12.2. The van der Waals surface area contributed by atoms with Crippen molar-refractivity contribution in [2.75, 3.05) is 11.2 Å². The number of nitrogens with two attached hydrogens (primary N) is 1. The Morgan fingerprint density at radius 2 is 2.00 bits per heavy atom. The molecule has 3 rings (SSSR count). The van der Waals surface area contributed by atoms with Gasteiger partial charge in [-0.25, -0.2) is 4.68 Å². The van der Waals surface area contributed by atoms with E-state index in [4.69, 9.17) is 10.4 Å². The van der Waals surface area contributed by atoms with E-state index in [0.717, 1.165) is 11.1 Å². The van der Waals surface area contributed by atoms with Crippen LogP contribution in [0.5, 0.6) is 0 Å². The Hall–Kier alpha value is -2.81. The first-order chi connectivity index (χ1) is 11.9. The van der Waals surface area contributed by atoms with Gasteiger partial charge in [0.15, 0.2) is 11.6 Å². The molecule has 0 bridgehead atoms. The summed E-state index contributed by atoms with van der Waals surface area (Å²) in [7, 11) is 0. The summed E-state index contributed by atoms with van der Waals surface area (Å²) < 4.78 is 6.31. The number of nitrogens with one attached hydrogen (secondary N) is 1. The van der Waals surface area contributed by atoms with Crippen molar-refractivity contribution >= 4 is 23.5 Å². The molecule has 0 spiro atoms. The number of hydrogen-bond donors (Lipinski definition) is 2. The summed E-state index contributed by atoms with van der Waals surface area (Å²) in [6, 6.07) is 9.47. The topological polar surface area (TPSA) is 112 Å². The van der Waals surface area contributed by atoms with Gasteiger partial charge < -0.3 is 15.7 Å². The molecule has 0 saturated heterocycles. The Bertz CT molecular complexity index is 886. The molecule has 1 atom stereocenters. The van der Waals surface area contributed by atoms with Crippen LogP contribution in [0.4, 0.5) is 5.82 Å². The van der Waals surface area contributed by atoms with Crippen molar-refractivity contribution in [2.45, 2.75) is 31.2 Å². The van der Waals surface area contributed by atoms with E-state index in [1.54, 1.807) is 19.9 Å². The predicted molar refractivity (Wildman–Crippen MR) is 95.5 cm³/mol. The Labute approximate surface area is 148 Å². The molecule has 2 heterocycles. The van der Waals surface area contributed by atoms with Crippen molar-refractivity contribution in [1.29, 1.82) is 0 Å². The molecule has 0 saturated carbocycles. The van der Waals surface area contributed by atoms with Gasteiger partial charge in [-0.1, -0.05) is 46.7 Å². The number of benzene rings is 1. The van der Waals surface area contributed by atoms with E-state index in [-0.39, 0.29) is 5.91 Å². The molecule has 130 valence electrons. The Balaban J connectivity index is 1.70. The molecule has 8 nitrogen and oxygen atoms in total. The summed E-state index contributed by atoms with van der Waals surface area (Å²) in [5, 5.41) is 14.6. The molecule has 0 aliphatic heterocycles. The summed E-state index contributed by atoms with van der Waals surface area (Å²) in [4.78, 5) is 12.2. The lowest BCUT2D eigenvalue weighted by Crippen LogP contribution is -2.23. The number of nitrogen functional groups attached to an aromatic ring is 1. The molecule has 3 N–H and O–H groups in total. The number of thioether (sulfide) groups is 1. The van der Waals surface area contributed by atoms with E-state index < -0.39 is 5.25 Å². The minimum Gasteiger partial charge on any atom is -0.360 e. The highest BCUT2D eigenvalue weighted by Crippen LogP contribution is 2.25. The maximum atomic E-state index is 12.2. The van der Waals surface area contributed by atoms with Gasteiger partial charge in [0.05, 0.1) is 5.25 Å². The fourth-order valence-electron chi connectivity index (χ4n) is 2.12. The third kappa shape index (κ3) is 3.82. The highest BCUT2D eigenvalue weighted by molar-refractivity contribution is 8.00. The first kappa shape index (κ1) is 17.0. The van der Waals surface area contributed by atoms with Crippen LogP contribution in [0.2, 0.25) is 0 Å². The van der Waals surface area contributed by atoms with E-state index in [0.29, 0.717) is 22.6 Å². The van der Waals surface area contributed by atoms with Crippen LogP contribution in [0.25, 0.3) is 11.4 Å². The third-order valence-electron chi connectivity index (χ3n) is 3.50. The van der Waals surface area contributed by atoms with Gasteiger partial charge in [-0.15, -0.1) is 10.2 Å². The first-order valence-corrected chi connectivity index (χ1v) is 8.50. The van der Waals surface area contributed by atoms with Crippen molar-refractivity contribution in [3.8, 4) is 11.4 Å². The van der Waals surface area contributed by atoms with Gasteiger partial charge in [0.1, 0.15) is 5.76 Å². The second kappa shape index (κ2) is 6.98. The molecular formula is C16H18N6O2S. The Morgan fingerprint density at radius 3 is 2.64 bits per heavy atom. The molecular weight excluding hydrogens is 340 g/mol. The summed E-state index contributed by atoms with van der Waals surface area (Å²) in [5.74, 6) is 7.41. The van der Waals surface area contributed by atoms with Crippen LogP contribution in [0, 0.1) is 13.8 Å². The van der Waals surface area contributed by atoms with Crippen molar-refractivity contribution < 1.29 is 9.32 Å². The van der Waals surface area contributed by atoms with Crippen LogP contribution in [0.3, 0.4) is 0 Å². The summed E-state index contributed by atoms with van der Waals surface area (Å²) in [5.41, 5.74) is 2.01. The maximum Gasteiger partial charge on any atom is 0.238 e. The lowest BCUT2D eigenvalue weighted by atomic mass is 10.1. The zero-order chi connectivity index (χ0) is 18.0. The van der Waals surface area contributed by atoms with Crippen LogP contribution < -0.4 is 11.2 Å². The molecule has 1 amide bonds. The highest BCUT2D eigenvalue weighted by atomic mass is 32.2. The SMILES string of the molecule is Cc1ccc(-c2nnc(SC(C)C(=O)Nc3cc(C)on3)n2N)cc1. The number of carbonyl (C=O) groups is 1. The average molecular weight is 358 g/mol. The lowest BCUT2D eigenvalue weighted by Gasteiger charge is -2.09. The molecule has 25 heavy (non-hydrogen) atoms. The Kier molecular flexibility index (Phi) is 4.75. The van der Waals surface area contributed by atoms with Crippen LogP contribution in [-0.4, -0.2) is 31.2 Å². The third-order valence-corrected chi connectivity index (χ3v) is 4.56. The second-order valence-corrected chi connectivity index (χ2v) is 6.92. The number of carbonyl (C=O) groups excluding carboxylic acids is 1. The summed E-state index contributed by atoms with van der Waals surface area (Å²) in [6.07, 6.45) is 0.